The van der Waals surface area contributed by atoms with E-state index in [4.69, 9.17) is 5.21 Å². The van der Waals surface area contributed by atoms with Crippen molar-refractivity contribution in [2.45, 2.75) is 26.3 Å². The van der Waals surface area contributed by atoms with Crippen LogP contribution >= 0.6 is 0 Å². The van der Waals surface area contributed by atoms with Gasteiger partial charge in [-0.1, -0.05) is 0 Å². The minimum Gasteiger partial charge on any atom is -0.464 e. The molecule has 5 nitrogen and oxygen atoms in total. The van der Waals surface area contributed by atoms with Gasteiger partial charge in [0.2, 0.25) is 0 Å². The Morgan fingerprint density at radius 1 is 1.58 bits per heavy atom. The van der Waals surface area contributed by atoms with Gasteiger partial charge < -0.3 is 9.94 Å². The number of nitrogens with one attached hydrogen (secondary N) is 1. The van der Waals surface area contributed by atoms with Crippen LogP contribution in [0.5, 0.6) is 0 Å². The van der Waals surface area contributed by atoms with E-state index in [0.29, 0.717) is 0 Å². The molecule has 12 heavy (non-hydrogen) atoms. The van der Waals surface area contributed by atoms with Crippen molar-refractivity contribution in [2.75, 3.05) is 6.61 Å². The van der Waals surface area contributed by atoms with Crippen LogP contribution in [-0.4, -0.2) is 29.1 Å². The van der Waals surface area contributed by atoms with Crippen molar-refractivity contribution in [3.8, 4) is 0 Å². The average Bonchev–Trinajstić information content (AvgIpc) is 2.03. The minimum atomic E-state index is -1.64. The summed E-state index contributed by atoms with van der Waals surface area (Å²) in [6.07, 6.45) is 0. The fourth-order valence-corrected chi connectivity index (χ4v) is 0.544. The van der Waals surface area contributed by atoms with Crippen LogP contribution in [0.15, 0.2) is 0 Å². The quantitative estimate of drug-likeness (QED) is 0.354. The summed E-state index contributed by atoms with van der Waals surface area (Å²) in [6.45, 7) is 4.24. The summed E-state index contributed by atoms with van der Waals surface area (Å²) in [4.78, 5) is 22.0. The van der Waals surface area contributed by atoms with Crippen LogP contribution in [0.1, 0.15) is 20.8 Å². The molecule has 0 aromatic heterocycles. The summed E-state index contributed by atoms with van der Waals surface area (Å²) in [6, 6.07) is 0. The Labute approximate surface area is 70.7 Å². The zero-order valence-electron chi connectivity index (χ0n) is 7.38. The number of Topliss-reactive ketones (excluding diaryl/α,β-unsaturated/α-hetero) is 1. The molecule has 0 rings (SSSR count). The van der Waals surface area contributed by atoms with Gasteiger partial charge in [0.25, 0.3) is 0 Å². The standard InChI is InChI=1S/C7H13NO4/c1-4-12-6(10)7(3,8-11)5(2)9/h8,11H,4H2,1-3H3/t7-/m1/s1. The molecule has 1 atom stereocenters. The summed E-state index contributed by atoms with van der Waals surface area (Å²) >= 11 is 0. The number of ether oxygens (including phenoxy) is 1. The van der Waals surface area contributed by atoms with Crippen LogP contribution < -0.4 is 5.48 Å². The Balaban J connectivity index is 4.52. The topological polar surface area (TPSA) is 75.6 Å². The molecule has 0 aliphatic rings. The fourth-order valence-electron chi connectivity index (χ4n) is 0.544. The number of rotatable bonds is 4. The van der Waals surface area contributed by atoms with E-state index in [-0.39, 0.29) is 6.61 Å². The lowest BCUT2D eigenvalue weighted by Gasteiger charge is -2.21. The van der Waals surface area contributed by atoms with Crippen molar-refractivity contribution in [3.63, 3.8) is 0 Å². The maximum absolute atomic E-state index is 11.1. The fraction of sp³-hybridized carbons (Fsp3) is 0.714. The molecule has 70 valence electrons. The van der Waals surface area contributed by atoms with Crippen molar-refractivity contribution < 1.29 is 19.5 Å². The summed E-state index contributed by atoms with van der Waals surface area (Å²) < 4.78 is 4.58. The molecule has 0 heterocycles. The van der Waals surface area contributed by atoms with Crippen molar-refractivity contribution in [3.05, 3.63) is 0 Å². The van der Waals surface area contributed by atoms with Crippen LogP contribution in [0.4, 0.5) is 0 Å². The molecular formula is C7H13NO4. The smallest absolute Gasteiger partial charge is 0.336 e. The highest BCUT2D eigenvalue weighted by atomic mass is 16.5. The Hall–Kier alpha value is -0.940. The van der Waals surface area contributed by atoms with Crippen LogP contribution in [0.2, 0.25) is 0 Å². The highest BCUT2D eigenvalue weighted by molar-refractivity contribution is 6.06. The average molecular weight is 175 g/mol. The van der Waals surface area contributed by atoms with Gasteiger partial charge >= 0.3 is 5.97 Å². The van der Waals surface area contributed by atoms with Gasteiger partial charge in [0.1, 0.15) is 0 Å². The van der Waals surface area contributed by atoms with E-state index in [1.807, 2.05) is 0 Å². The van der Waals surface area contributed by atoms with E-state index in [0.717, 1.165) is 0 Å². The second kappa shape index (κ2) is 4.18. The number of hydroxylamine groups is 1. The van der Waals surface area contributed by atoms with Gasteiger partial charge in [-0.05, 0) is 20.8 Å². The normalized spacial score (nSPS) is 15.0. The maximum atomic E-state index is 11.1. The Morgan fingerprint density at radius 3 is 2.33 bits per heavy atom. The van der Waals surface area contributed by atoms with E-state index in [2.05, 4.69) is 4.74 Å². The number of hydrogen-bond donors (Lipinski definition) is 2. The molecule has 0 aliphatic heterocycles. The zero-order valence-corrected chi connectivity index (χ0v) is 7.38. The monoisotopic (exact) mass is 175 g/mol. The summed E-state index contributed by atoms with van der Waals surface area (Å²) in [5.74, 6) is -1.27. The third-order valence-corrected chi connectivity index (χ3v) is 1.61. The number of carbonyl (C=O) groups is 2. The Morgan fingerprint density at radius 2 is 2.08 bits per heavy atom. The lowest BCUT2D eigenvalue weighted by molar-refractivity contribution is -0.159. The lowest BCUT2D eigenvalue weighted by Crippen LogP contribution is -2.54. The SMILES string of the molecule is CCOC(=O)[C@](C)(NO)C(C)=O. The third kappa shape index (κ3) is 2.02. The van der Waals surface area contributed by atoms with Gasteiger partial charge in [0.05, 0.1) is 6.61 Å². The molecule has 0 saturated carbocycles. The molecule has 0 aromatic rings. The lowest BCUT2D eigenvalue weighted by atomic mass is 9.99. The van der Waals surface area contributed by atoms with Crippen LogP contribution in [0.3, 0.4) is 0 Å². The van der Waals surface area contributed by atoms with Gasteiger partial charge in [-0.15, -0.1) is 0 Å². The van der Waals surface area contributed by atoms with Gasteiger partial charge in [0, 0.05) is 0 Å². The Bertz CT molecular complexity index is 192. The van der Waals surface area contributed by atoms with Crippen molar-refractivity contribution in [1.29, 1.82) is 0 Å². The van der Waals surface area contributed by atoms with Gasteiger partial charge in [-0.25, -0.2) is 4.79 Å². The third-order valence-electron chi connectivity index (χ3n) is 1.61. The largest absolute Gasteiger partial charge is 0.464 e. The van der Waals surface area contributed by atoms with Crippen LogP contribution in [0.25, 0.3) is 0 Å². The highest BCUT2D eigenvalue weighted by Gasteiger charge is 2.39. The molecule has 0 unspecified atom stereocenters. The van der Waals surface area contributed by atoms with Gasteiger partial charge in [-0.3, -0.25) is 4.79 Å². The molecule has 0 aliphatic carbocycles. The van der Waals surface area contributed by atoms with Crippen LogP contribution in [0, 0.1) is 0 Å². The molecule has 0 fully saturated rings. The first-order valence-corrected chi connectivity index (χ1v) is 3.58. The number of esters is 1. The summed E-state index contributed by atoms with van der Waals surface area (Å²) in [5.41, 5.74) is -0.00447. The van der Waals surface area contributed by atoms with Crippen molar-refractivity contribution in [1.82, 2.24) is 5.48 Å². The molecule has 0 bridgehead atoms. The summed E-state index contributed by atoms with van der Waals surface area (Å²) in [7, 11) is 0. The maximum Gasteiger partial charge on any atom is 0.336 e. The van der Waals surface area contributed by atoms with E-state index in [1.54, 1.807) is 12.4 Å². The van der Waals surface area contributed by atoms with E-state index >= 15 is 0 Å². The first-order chi connectivity index (χ1) is 5.49. The number of carbonyl (C=O) groups excluding carboxylic acids is 2. The van der Waals surface area contributed by atoms with Gasteiger partial charge in [0.15, 0.2) is 11.3 Å². The van der Waals surface area contributed by atoms with E-state index < -0.39 is 17.3 Å². The zero-order chi connectivity index (χ0) is 9.78. The molecule has 0 amide bonds. The molecule has 2 N–H and O–H groups in total. The van der Waals surface area contributed by atoms with Crippen molar-refractivity contribution >= 4 is 11.8 Å². The van der Waals surface area contributed by atoms with E-state index in [9.17, 15) is 9.59 Å². The molecule has 0 spiro atoms. The van der Waals surface area contributed by atoms with Gasteiger partial charge in [-0.2, -0.15) is 5.48 Å². The predicted octanol–water partition coefficient (Wildman–Crippen LogP) is -0.124. The Kier molecular flexibility index (Phi) is 3.85. The molecule has 5 heteroatoms. The van der Waals surface area contributed by atoms with E-state index in [1.165, 1.54) is 13.8 Å². The molecular weight excluding hydrogens is 162 g/mol. The predicted molar refractivity (Wildman–Crippen MR) is 40.6 cm³/mol. The number of ketones is 1. The van der Waals surface area contributed by atoms with Crippen LogP contribution in [-0.2, 0) is 14.3 Å². The number of hydrogen-bond acceptors (Lipinski definition) is 5. The molecule has 0 radical (unpaired) electrons. The highest BCUT2D eigenvalue weighted by Crippen LogP contribution is 2.06. The molecule has 0 saturated heterocycles. The second-order valence-corrected chi connectivity index (χ2v) is 2.51. The minimum absolute atomic E-state index is 0.170. The second-order valence-electron chi connectivity index (χ2n) is 2.51. The molecule has 0 aromatic carbocycles. The summed E-state index contributed by atoms with van der Waals surface area (Å²) in [5, 5.41) is 8.58. The van der Waals surface area contributed by atoms with Crippen molar-refractivity contribution in [2.24, 2.45) is 0 Å². The first-order valence-electron chi connectivity index (χ1n) is 3.58. The first kappa shape index (κ1) is 11.1.